The standard InChI is InChI=1S/C19H23FN2O2.ClH/c1-13-11-15(12-22-19(23)10-3-14(2)21)4-9-18(13)24-17-7-5-16(20)6-8-17;/h4-9,11,14H,3,10,12,21H2,1-2H3,(H,22,23);1H. The van der Waals surface area contributed by atoms with Crippen molar-refractivity contribution in [1.29, 1.82) is 0 Å². The predicted molar refractivity (Wildman–Crippen MR) is 99.6 cm³/mol. The van der Waals surface area contributed by atoms with Gasteiger partial charge < -0.3 is 15.8 Å². The first-order valence-corrected chi connectivity index (χ1v) is 7.99. The molecule has 0 radical (unpaired) electrons. The van der Waals surface area contributed by atoms with Gasteiger partial charge in [0.15, 0.2) is 0 Å². The quantitative estimate of drug-likeness (QED) is 0.775. The SMILES string of the molecule is Cc1cc(CNC(=O)CCC(C)N)ccc1Oc1ccc(F)cc1.Cl. The number of carbonyl (C=O) groups is 1. The van der Waals surface area contributed by atoms with E-state index in [4.69, 9.17) is 10.5 Å². The van der Waals surface area contributed by atoms with Crippen LogP contribution in [0.4, 0.5) is 4.39 Å². The zero-order valence-electron chi connectivity index (χ0n) is 14.4. The van der Waals surface area contributed by atoms with Gasteiger partial charge in [-0.25, -0.2) is 4.39 Å². The van der Waals surface area contributed by atoms with Gasteiger partial charge in [0, 0.05) is 19.0 Å². The highest BCUT2D eigenvalue weighted by atomic mass is 35.5. The van der Waals surface area contributed by atoms with Gasteiger partial charge in [-0.05, 0) is 61.7 Å². The Morgan fingerprint density at radius 1 is 1.24 bits per heavy atom. The molecule has 2 aromatic carbocycles. The van der Waals surface area contributed by atoms with E-state index in [0.29, 0.717) is 30.9 Å². The molecule has 3 N–H and O–H groups in total. The number of halogens is 2. The van der Waals surface area contributed by atoms with Gasteiger partial charge in [-0.3, -0.25) is 4.79 Å². The van der Waals surface area contributed by atoms with Crippen molar-refractivity contribution in [3.8, 4) is 11.5 Å². The third-order valence-electron chi connectivity index (χ3n) is 3.60. The summed E-state index contributed by atoms with van der Waals surface area (Å²) >= 11 is 0. The average molecular weight is 367 g/mol. The van der Waals surface area contributed by atoms with Crippen LogP contribution in [0.1, 0.15) is 30.9 Å². The van der Waals surface area contributed by atoms with E-state index in [9.17, 15) is 9.18 Å². The van der Waals surface area contributed by atoms with Crippen molar-refractivity contribution in [2.24, 2.45) is 5.73 Å². The Kier molecular flexibility index (Phi) is 8.38. The number of benzene rings is 2. The summed E-state index contributed by atoms with van der Waals surface area (Å²) in [5.41, 5.74) is 7.58. The summed E-state index contributed by atoms with van der Waals surface area (Å²) in [6, 6.07) is 11.6. The number of aryl methyl sites for hydroxylation is 1. The Morgan fingerprint density at radius 3 is 2.52 bits per heavy atom. The van der Waals surface area contributed by atoms with Crippen LogP contribution in [0.15, 0.2) is 42.5 Å². The monoisotopic (exact) mass is 366 g/mol. The second-order valence-corrected chi connectivity index (χ2v) is 5.95. The lowest BCUT2D eigenvalue weighted by molar-refractivity contribution is -0.121. The van der Waals surface area contributed by atoms with Gasteiger partial charge in [-0.15, -0.1) is 12.4 Å². The van der Waals surface area contributed by atoms with Crippen molar-refractivity contribution in [3.63, 3.8) is 0 Å². The smallest absolute Gasteiger partial charge is 0.220 e. The molecule has 0 saturated heterocycles. The molecule has 1 amide bonds. The minimum absolute atomic E-state index is 0. The van der Waals surface area contributed by atoms with E-state index in [1.54, 1.807) is 12.1 Å². The van der Waals surface area contributed by atoms with E-state index >= 15 is 0 Å². The van der Waals surface area contributed by atoms with Crippen LogP contribution in [0, 0.1) is 12.7 Å². The third-order valence-corrected chi connectivity index (χ3v) is 3.60. The zero-order chi connectivity index (χ0) is 17.5. The maximum atomic E-state index is 12.9. The highest BCUT2D eigenvalue weighted by Gasteiger charge is 2.06. The number of ether oxygens (including phenoxy) is 1. The number of nitrogens with two attached hydrogens (primary N) is 1. The lowest BCUT2D eigenvalue weighted by atomic mass is 10.1. The Hall–Kier alpha value is -2.11. The summed E-state index contributed by atoms with van der Waals surface area (Å²) in [6.07, 6.45) is 1.11. The molecule has 0 aliphatic heterocycles. The summed E-state index contributed by atoms with van der Waals surface area (Å²) in [7, 11) is 0. The van der Waals surface area contributed by atoms with Gasteiger partial charge in [-0.2, -0.15) is 0 Å². The second kappa shape index (κ2) is 10.0. The molecule has 6 heteroatoms. The third kappa shape index (κ3) is 7.11. The number of hydrogen-bond acceptors (Lipinski definition) is 3. The Morgan fingerprint density at radius 2 is 1.92 bits per heavy atom. The molecular weight excluding hydrogens is 343 g/mol. The molecule has 0 bridgehead atoms. The number of hydrogen-bond donors (Lipinski definition) is 2. The largest absolute Gasteiger partial charge is 0.457 e. The van der Waals surface area contributed by atoms with Crippen molar-refractivity contribution in [2.75, 3.05) is 0 Å². The molecule has 0 fully saturated rings. The molecule has 2 rings (SSSR count). The van der Waals surface area contributed by atoms with Crippen molar-refractivity contribution in [2.45, 2.75) is 39.3 Å². The minimum Gasteiger partial charge on any atom is -0.457 e. The first kappa shape index (κ1) is 20.9. The number of carbonyl (C=O) groups excluding carboxylic acids is 1. The van der Waals surface area contributed by atoms with Gasteiger partial charge >= 0.3 is 0 Å². The molecular formula is C19H24ClFN2O2. The van der Waals surface area contributed by atoms with Crippen LogP contribution < -0.4 is 15.8 Å². The van der Waals surface area contributed by atoms with Crippen LogP contribution in [-0.4, -0.2) is 11.9 Å². The highest BCUT2D eigenvalue weighted by Crippen LogP contribution is 2.25. The summed E-state index contributed by atoms with van der Waals surface area (Å²) in [4.78, 5) is 11.7. The van der Waals surface area contributed by atoms with E-state index in [-0.39, 0.29) is 30.2 Å². The van der Waals surface area contributed by atoms with Gasteiger partial charge in [0.2, 0.25) is 5.91 Å². The molecule has 1 unspecified atom stereocenters. The van der Waals surface area contributed by atoms with Crippen LogP contribution in [0.2, 0.25) is 0 Å². The second-order valence-electron chi connectivity index (χ2n) is 5.95. The molecule has 1 atom stereocenters. The minimum atomic E-state index is -0.297. The Labute approximate surface area is 154 Å². The van der Waals surface area contributed by atoms with Crippen molar-refractivity contribution in [3.05, 3.63) is 59.4 Å². The van der Waals surface area contributed by atoms with Gasteiger partial charge in [0.1, 0.15) is 17.3 Å². The number of rotatable bonds is 7. The predicted octanol–water partition coefficient (Wildman–Crippen LogP) is 4.09. The lowest BCUT2D eigenvalue weighted by Crippen LogP contribution is -2.25. The molecule has 4 nitrogen and oxygen atoms in total. The fraction of sp³-hybridized carbons (Fsp3) is 0.316. The zero-order valence-corrected chi connectivity index (χ0v) is 15.2. The molecule has 25 heavy (non-hydrogen) atoms. The van der Waals surface area contributed by atoms with Gasteiger partial charge in [0.25, 0.3) is 0 Å². The van der Waals surface area contributed by atoms with E-state index in [1.165, 1.54) is 12.1 Å². The summed E-state index contributed by atoms with van der Waals surface area (Å²) in [5, 5.41) is 2.88. The average Bonchev–Trinajstić information content (AvgIpc) is 2.55. The van der Waals surface area contributed by atoms with Crippen LogP contribution in [0.25, 0.3) is 0 Å². The molecule has 136 valence electrons. The highest BCUT2D eigenvalue weighted by molar-refractivity contribution is 5.85. The van der Waals surface area contributed by atoms with Gasteiger partial charge in [0.05, 0.1) is 0 Å². The first-order valence-electron chi connectivity index (χ1n) is 7.99. The maximum absolute atomic E-state index is 12.9. The van der Waals surface area contributed by atoms with Crippen molar-refractivity contribution >= 4 is 18.3 Å². The lowest BCUT2D eigenvalue weighted by Gasteiger charge is -2.11. The molecule has 0 aliphatic rings. The molecule has 0 aliphatic carbocycles. The normalized spacial score (nSPS) is 11.4. The summed E-state index contributed by atoms with van der Waals surface area (Å²) < 4.78 is 18.7. The summed E-state index contributed by atoms with van der Waals surface area (Å²) in [5.74, 6) is 0.982. The molecule has 0 saturated carbocycles. The molecule has 2 aromatic rings. The maximum Gasteiger partial charge on any atom is 0.220 e. The molecule has 0 heterocycles. The van der Waals surface area contributed by atoms with Crippen LogP contribution in [0.3, 0.4) is 0 Å². The first-order chi connectivity index (χ1) is 11.4. The summed E-state index contributed by atoms with van der Waals surface area (Å²) in [6.45, 7) is 4.28. The van der Waals surface area contributed by atoms with Crippen LogP contribution in [0.5, 0.6) is 11.5 Å². The van der Waals surface area contributed by atoms with E-state index in [2.05, 4.69) is 5.32 Å². The van der Waals surface area contributed by atoms with Gasteiger partial charge in [-0.1, -0.05) is 12.1 Å². The fourth-order valence-corrected chi connectivity index (χ4v) is 2.21. The van der Waals surface area contributed by atoms with Crippen LogP contribution >= 0.6 is 12.4 Å². The fourth-order valence-electron chi connectivity index (χ4n) is 2.21. The van der Waals surface area contributed by atoms with Crippen molar-refractivity contribution < 1.29 is 13.9 Å². The van der Waals surface area contributed by atoms with Crippen LogP contribution in [-0.2, 0) is 11.3 Å². The number of nitrogens with one attached hydrogen (secondary N) is 1. The van der Waals surface area contributed by atoms with Crippen molar-refractivity contribution in [1.82, 2.24) is 5.32 Å². The topological polar surface area (TPSA) is 64.4 Å². The van der Waals surface area contributed by atoms with E-state index in [1.807, 2.05) is 32.0 Å². The van der Waals surface area contributed by atoms with E-state index in [0.717, 1.165) is 11.1 Å². The van der Waals surface area contributed by atoms with E-state index < -0.39 is 0 Å². The Bertz CT molecular complexity index is 690. The Balaban J connectivity index is 0.00000312. The number of amides is 1. The molecule has 0 aromatic heterocycles. The molecule has 0 spiro atoms.